The summed E-state index contributed by atoms with van der Waals surface area (Å²) in [4.78, 5) is 13.9. The number of amides is 2. The van der Waals surface area contributed by atoms with Crippen molar-refractivity contribution in [3.63, 3.8) is 0 Å². The first-order valence-corrected chi connectivity index (χ1v) is 7.44. The normalized spacial score (nSPS) is 11.2. The van der Waals surface area contributed by atoms with Gasteiger partial charge in [-0.05, 0) is 51.8 Å². The summed E-state index contributed by atoms with van der Waals surface area (Å²) in [5, 5.41) is 2.98. The molecule has 1 aromatic rings. The first kappa shape index (κ1) is 16.0. The fraction of sp³-hybridized carbons (Fsp3) is 0.533. The molecule has 0 saturated carbocycles. The van der Waals surface area contributed by atoms with Crippen LogP contribution in [0.5, 0.6) is 0 Å². The topological polar surface area (TPSA) is 32.3 Å². The van der Waals surface area contributed by atoms with E-state index in [1.54, 1.807) is 0 Å². The van der Waals surface area contributed by atoms with Crippen molar-refractivity contribution in [2.75, 3.05) is 13.1 Å². The smallest absolute Gasteiger partial charge is 0.317 e. The summed E-state index contributed by atoms with van der Waals surface area (Å²) in [7, 11) is 0. The summed E-state index contributed by atoms with van der Waals surface area (Å²) in [6.07, 6.45) is 0.848. The van der Waals surface area contributed by atoms with Gasteiger partial charge in [-0.2, -0.15) is 0 Å². The van der Waals surface area contributed by atoms with E-state index in [2.05, 4.69) is 33.4 Å². The predicted molar refractivity (Wildman–Crippen MR) is 83.4 cm³/mol. The highest BCUT2D eigenvalue weighted by Crippen LogP contribution is 2.13. The molecule has 0 bridgehead atoms. The maximum absolute atomic E-state index is 12.1. The zero-order chi connectivity index (χ0) is 14.5. The van der Waals surface area contributed by atoms with Gasteiger partial charge in [0, 0.05) is 23.1 Å². The highest BCUT2D eigenvalue weighted by Gasteiger charge is 2.24. The van der Waals surface area contributed by atoms with Crippen LogP contribution in [0.1, 0.15) is 33.3 Å². The molecular weight excluding hydrogens is 304 g/mol. The summed E-state index contributed by atoms with van der Waals surface area (Å²) in [6.45, 7) is 9.51. The van der Waals surface area contributed by atoms with Crippen LogP contribution in [0.2, 0.25) is 0 Å². The minimum absolute atomic E-state index is 0.00658. The van der Waals surface area contributed by atoms with E-state index in [1.165, 1.54) is 5.56 Å². The van der Waals surface area contributed by atoms with Crippen LogP contribution in [0.15, 0.2) is 28.7 Å². The van der Waals surface area contributed by atoms with Crippen LogP contribution in [0.4, 0.5) is 4.79 Å². The highest BCUT2D eigenvalue weighted by molar-refractivity contribution is 9.10. The van der Waals surface area contributed by atoms with Crippen LogP contribution in [-0.4, -0.2) is 29.6 Å². The molecule has 0 spiro atoms. The number of rotatable bonds is 4. The summed E-state index contributed by atoms with van der Waals surface area (Å²) >= 11 is 3.41. The number of halogens is 1. The molecule has 4 heteroatoms. The van der Waals surface area contributed by atoms with Gasteiger partial charge in [-0.15, -0.1) is 0 Å². The molecule has 0 radical (unpaired) electrons. The van der Waals surface area contributed by atoms with Gasteiger partial charge in [0.1, 0.15) is 0 Å². The molecule has 3 nitrogen and oxygen atoms in total. The summed E-state index contributed by atoms with van der Waals surface area (Å²) < 4.78 is 1.07. The van der Waals surface area contributed by atoms with E-state index < -0.39 is 0 Å². The molecule has 19 heavy (non-hydrogen) atoms. The Hall–Kier alpha value is -1.03. The summed E-state index contributed by atoms with van der Waals surface area (Å²) in [6, 6.07) is 8.18. The van der Waals surface area contributed by atoms with E-state index in [9.17, 15) is 4.79 Å². The molecule has 0 aromatic heterocycles. The van der Waals surface area contributed by atoms with Gasteiger partial charge in [0.25, 0.3) is 0 Å². The SMILES string of the molecule is CCN(C(=O)NCCc1ccc(Br)cc1)C(C)(C)C. The third kappa shape index (κ3) is 5.23. The monoisotopic (exact) mass is 326 g/mol. The second kappa shape index (κ2) is 6.94. The zero-order valence-electron chi connectivity index (χ0n) is 12.2. The Morgan fingerprint density at radius 2 is 1.84 bits per heavy atom. The van der Waals surface area contributed by atoms with Gasteiger partial charge in [0.15, 0.2) is 0 Å². The fourth-order valence-electron chi connectivity index (χ4n) is 1.98. The Labute approximate surface area is 124 Å². The zero-order valence-corrected chi connectivity index (χ0v) is 13.8. The lowest BCUT2D eigenvalue weighted by molar-refractivity contribution is 0.150. The van der Waals surface area contributed by atoms with Gasteiger partial charge < -0.3 is 10.2 Å². The molecule has 2 amide bonds. The molecule has 0 aliphatic rings. The summed E-state index contributed by atoms with van der Waals surface area (Å²) in [5.41, 5.74) is 1.08. The van der Waals surface area contributed by atoms with Crippen molar-refractivity contribution in [1.82, 2.24) is 10.2 Å². The Bertz CT molecular complexity index is 409. The quantitative estimate of drug-likeness (QED) is 0.896. The average Bonchev–Trinajstić information content (AvgIpc) is 2.30. The number of nitrogens with zero attached hydrogens (tertiary/aromatic N) is 1. The van der Waals surface area contributed by atoms with Gasteiger partial charge in [0.05, 0.1) is 0 Å². The van der Waals surface area contributed by atoms with E-state index in [4.69, 9.17) is 0 Å². The van der Waals surface area contributed by atoms with Crippen molar-refractivity contribution in [1.29, 1.82) is 0 Å². The molecule has 1 N–H and O–H groups in total. The third-order valence-corrected chi connectivity index (χ3v) is 3.50. The maximum atomic E-state index is 12.1. The average molecular weight is 327 g/mol. The lowest BCUT2D eigenvalue weighted by Crippen LogP contribution is -2.50. The van der Waals surface area contributed by atoms with Crippen molar-refractivity contribution in [3.05, 3.63) is 34.3 Å². The Morgan fingerprint density at radius 3 is 2.32 bits per heavy atom. The van der Waals surface area contributed by atoms with Gasteiger partial charge in [-0.3, -0.25) is 0 Å². The van der Waals surface area contributed by atoms with Crippen LogP contribution in [0.3, 0.4) is 0 Å². The molecule has 0 unspecified atom stereocenters. The minimum Gasteiger partial charge on any atom is -0.338 e. The van der Waals surface area contributed by atoms with Gasteiger partial charge >= 0.3 is 6.03 Å². The van der Waals surface area contributed by atoms with E-state index in [1.807, 2.05) is 44.7 Å². The second-order valence-electron chi connectivity index (χ2n) is 5.52. The van der Waals surface area contributed by atoms with E-state index in [-0.39, 0.29) is 11.6 Å². The van der Waals surface area contributed by atoms with E-state index in [0.717, 1.165) is 10.9 Å². The summed E-state index contributed by atoms with van der Waals surface area (Å²) in [5.74, 6) is 0. The van der Waals surface area contributed by atoms with Crippen molar-refractivity contribution in [3.8, 4) is 0 Å². The predicted octanol–water partition coefficient (Wildman–Crippen LogP) is 3.82. The minimum atomic E-state index is -0.142. The number of nitrogens with one attached hydrogen (secondary N) is 1. The van der Waals surface area contributed by atoms with Crippen molar-refractivity contribution in [2.45, 2.75) is 39.7 Å². The van der Waals surface area contributed by atoms with E-state index >= 15 is 0 Å². The molecule has 0 aliphatic heterocycles. The number of hydrogen-bond acceptors (Lipinski definition) is 1. The third-order valence-electron chi connectivity index (χ3n) is 2.97. The molecule has 1 rings (SSSR count). The Morgan fingerprint density at radius 1 is 1.26 bits per heavy atom. The maximum Gasteiger partial charge on any atom is 0.317 e. The fourth-order valence-corrected chi connectivity index (χ4v) is 2.25. The van der Waals surface area contributed by atoms with Crippen LogP contribution in [0.25, 0.3) is 0 Å². The number of carbonyl (C=O) groups excluding carboxylic acids is 1. The van der Waals surface area contributed by atoms with Crippen molar-refractivity contribution in [2.24, 2.45) is 0 Å². The van der Waals surface area contributed by atoms with Gasteiger partial charge in [0.2, 0.25) is 0 Å². The highest BCUT2D eigenvalue weighted by atomic mass is 79.9. The van der Waals surface area contributed by atoms with Crippen LogP contribution in [0, 0.1) is 0 Å². The molecule has 0 saturated heterocycles. The molecule has 106 valence electrons. The van der Waals surface area contributed by atoms with Gasteiger partial charge in [-0.1, -0.05) is 28.1 Å². The van der Waals surface area contributed by atoms with Crippen molar-refractivity contribution >= 4 is 22.0 Å². The Kier molecular flexibility index (Phi) is 5.85. The molecule has 0 fully saturated rings. The van der Waals surface area contributed by atoms with Crippen molar-refractivity contribution < 1.29 is 4.79 Å². The van der Waals surface area contributed by atoms with Crippen LogP contribution >= 0.6 is 15.9 Å². The first-order valence-electron chi connectivity index (χ1n) is 6.64. The van der Waals surface area contributed by atoms with E-state index in [0.29, 0.717) is 13.1 Å². The molecule has 1 aromatic carbocycles. The Balaban J connectivity index is 2.44. The molecule has 0 atom stereocenters. The second-order valence-corrected chi connectivity index (χ2v) is 6.44. The molecular formula is C15H23BrN2O. The first-order chi connectivity index (χ1) is 8.84. The lowest BCUT2D eigenvalue weighted by atomic mass is 10.1. The van der Waals surface area contributed by atoms with Crippen LogP contribution < -0.4 is 5.32 Å². The molecule has 0 aliphatic carbocycles. The molecule has 0 heterocycles. The van der Waals surface area contributed by atoms with Gasteiger partial charge in [-0.25, -0.2) is 4.79 Å². The lowest BCUT2D eigenvalue weighted by Gasteiger charge is -2.34. The number of hydrogen-bond donors (Lipinski definition) is 1. The number of carbonyl (C=O) groups is 1. The number of urea groups is 1. The number of benzene rings is 1. The van der Waals surface area contributed by atoms with Crippen LogP contribution in [-0.2, 0) is 6.42 Å². The largest absolute Gasteiger partial charge is 0.338 e. The standard InChI is InChI=1S/C15H23BrN2O/c1-5-18(15(2,3)4)14(19)17-11-10-12-6-8-13(16)9-7-12/h6-9H,5,10-11H2,1-4H3,(H,17,19).